The van der Waals surface area contributed by atoms with Gasteiger partial charge in [-0.05, 0) is 35.1 Å². The van der Waals surface area contributed by atoms with Crippen molar-refractivity contribution in [2.45, 2.75) is 0 Å². The second-order valence-corrected chi connectivity index (χ2v) is 5.30. The average Bonchev–Trinajstić information content (AvgIpc) is 2.34. The first-order valence-electron chi connectivity index (χ1n) is 5.71. The predicted molar refractivity (Wildman–Crippen MR) is 71.9 cm³/mol. The number of hydrogen-bond donors (Lipinski definition) is 1. The number of hydrogen-bond acceptors (Lipinski definition) is 3. The topological polar surface area (TPSA) is 49.6 Å². The number of nitrogens with zero attached hydrogens (tertiary/aromatic N) is 2. The third-order valence-corrected chi connectivity index (χ3v) is 3.76. The van der Waals surface area contributed by atoms with E-state index in [0.29, 0.717) is 23.1 Å². The molecule has 2 rings (SSSR count). The number of benzene rings is 1. The highest BCUT2D eigenvalue weighted by molar-refractivity contribution is 9.10. The SMILES string of the molecule is CN1CCN(C(=O)c2cc(N)c(F)cc2Br)CC1. The molecule has 1 saturated heterocycles. The van der Waals surface area contributed by atoms with Crippen LogP contribution >= 0.6 is 15.9 Å². The first kappa shape index (κ1) is 13.3. The van der Waals surface area contributed by atoms with E-state index in [1.807, 2.05) is 7.05 Å². The van der Waals surface area contributed by atoms with E-state index in [1.54, 1.807) is 4.90 Å². The van der Waals surface area contributed by atoms with Crippen LogP contribution in [0, 0.1) is 5.82 Å². The molecule has 1 heterocycles. The van der Waals surface area contributed by atoms with Crippen molar-refractivity contribution in [3.63, 3.8) is 0 Å². The van der Waals surface area contributed by atoms with Crippen molar-refractivity contribution in [3.8, 4) is 0 Å². The minimum Gasteiger partial charge on any atom is -0.396 e. The Hall–Kier alpha value is -1.14. The van der Waals surface area contributed by atoms with Gasteiger partial charge in [0.2, 0.25) is 0 Å². The molecule has 98 valence electrons. The molecule has 6 heteroatoms. The van der Waals surface area contributed by atoms with Crippen molar-refractivity contribution in [2.24, 2.45) is 0 Å². The monoisotopic (exact) mass is 315 g/mol. The van der Waals surface area contributed by atoms with Gasteiger partial charge in [-0.25, -0.2) is 4.39 Å². The second kappa shape index (κ2) is 5.24. The van der Waals surface area contributed by atoms with E-state index in [2.05, 4.69) is 20.8 Å². The lowest BCUT2D eigenvalue weighted by molar-refractivity contribution is 0.0663. The Balaban J connectivity index is 2.21. The summed E-state index contributed by atoms with van der Waals surface area (Å²) in [5.41, 5.74) is 5.92. The van der Waals surface area contributed by atoms with Crippen LogP contribution in [-0.4, -0.2) is 48.9 Å². The van der Waals surface area contributed by atoms with E-state index in [0.717, 1.165) is 13.1 Å². The van der Waals surface area contributed by atoms with Crippen LogP contribution in [0.2, 0.25) is 0 Å². The van der Waals surface area contributed by atoms with Crippen LogP contribution < -0.4 is 5.73 Å². The molecule has 0 saturated carbocycles. The summed E-state index contributed by atoms with van der Waals surface area (Å²) in [6.07, 6.45) is 0. The molecule has 0 spiro atoms. The number of nitrogen functional groups attached to an aromatic ring is 1. The van der Waals surface area contributed by atoms with Crippen LogP contribution in [0.4, 0.5) is 10.1 Å². The summed E-state index contributed by atoms with van der Waals surface area (Å²) >= 11 is 3.21. The maximum atomic E-state index is 13.2. The molecule has 18 heavy (non-hydrogen) atoms. The van der Waals surface area contributed by atoms with Crippen LogP contribution in [0.15, 0.2) is 16.6 Å². The Morgan fingerprint density at radius 2 is 1.94 bits per heavy atom. The number of likely N-dealkylation sites (N-methyl/N-ethyl adjacent to an activating group) is 1. The Morgan fingerprint density at radius 3 is 2.56 bits per heavy atom. The predicted octanol–water partition coefficient (Wildman–Crippen LogP) is 1.56. The molecule has 1 aromatic rings. The van der Waals surface area contributed by atoms with Crippen LogP contribution in [0.5, 0.6) is 0 Å². The third-order valence-electron chi connectivity index (χ3n) is 3.11. The van der Waals surface area contributed by atoms with Crippen LogP contribution in [-0.2, 0) is 0 Å². The number of carbonyl (C=O) groups is 1. The van der Waals surface area contributed by atoms with Gasteiger partial charge in [0.05, 0.1) is 11.3 Å². The van der Waals surface area contributed by atoms with Crippen molar-refractivity contribution < 1.29 is 9.18 Å². The van der Waals surface area contributed by atoms with E-state index in [-0.39, 0.29) is 11.6 Å². The summed E-state index contributed by atoms with van der Waals surface area (Å²) in [7, 11) is 2.02. The summed E-state index contributed by atoms with van der Waals surface area (Å²) in [6, 6.07) is 2.62. The third kappa shape index (κ3) is 2.64. The minimum absolute atomic E-state index is 0.00400. The second-order valence-electron chi connectivity index (χ2n) is 4.45. The Morgan fingerprint density at radius 1 is 1.33 bits per heavy atom. The van der Waals surface area contributed by atoms with Gasteiger partial charge in [0.1, 0.15) is 5.82 Å². The molecular formula is C12H15BrFN3O. The standard InChI is InChI=1S/C12H15BrFN3O/c1-16-2-4-17(5-3-16)12(18)8-6-11(15)10(14)7-9(8)13/h6-7H,2-5,15H2,1H3. The lowest BCUT2D eigenvalue weighted by Gasteiger charge is -2.32. The fourth-order valence-electron chi connectivity index (χ4n) is 1.91. The summed E-state index contributed by atoms with van der Waals surface area (Å²) in [5, 5.41) is 0. The van der Waals surface area contributed by atoms with Gasteiger partial charge in [0.15, 0.2) is 0 Å². The molecule has 0 atom stereocenters. The normalized spacial score (nSPS) is 16.9. The Bertz CT molecular complexity index is 473. The summed E-state index contributed by atoms with van der Waals surface area (Å²) < 4.78 is 13.7. The first-order valence-corrected chi connectivity index (χ1v) is 6.50. The quantitative estimate of drug-likeness (QED) is 0.800. The van der Waals surface area contributed by atoms with Crippen LogP contribution in [0.3, 0.4) is 0 Å². The molecule has 0 bridgehead atoms. The Kier molecular flexibility index (Phi) is 3.87. The maximum Gasteiger partial charge on any atom is 0.255 e. The molecule has 1 fully saturated rings. The average molecular weight is 316 g/mol. The van der Waals surface area contributed by atoms with E-state index in [4.69, 9.17) is 5.73 Å². The molecule has 1 aliphatic rings. The molecule has 1 aromatic carbocycles. The zero-order valence-electron chi connectivity index (χ0n) is 10.1. The molecule has 1 aliphatic heterocycles. The van der Waals surface area contributed by atoms with E-state index >= 15 is 0 Å². The van der Waals surface area contributed by atoms with Crippen LogP contribution in [0.1, 0.15) is 10.4 Å². The summed E-state index contributed by atoms with van der Waals surface area (Å²) in [6.45, 7) is 3.05. The zero-order chi connectivity index (χ0) is 13.3. The molecule has 2 N–H and O–H groups in total. The molecule has 4 nitrogen and oxygen atoms in total. The van der Waals surface area contributed by atoms with Crippen LogP contribution in [0.25, 0.3) is 0 Å². The molecule has 0 unspecified atom stereocenters. The van der Waals surface area contributed by atoms with Crippen molar-refractivity contribution >= 4 is 27.5 Å². The summed E-state index contributed by atoms with van der Waals surface area (Å²) in [4.78, 5) is 16.2. The number of anilines is 1. The highest BCUT2D eigenvalue weighted by Crippen LogP contribution is 2.24. The van der Waals surface area contributed by atoms with Crippen molar-refractivity contribution in [2.75, 3.05) is 39.0 Å². The lowest BCUT2D eigenvalue weighted by atomic mass is 10.1. The van der Waals surface area contributed by atoms with Gasteiger partial charge in [-0.2, -0.15) is 0 Å². The fraction of sp³-hybridized carbons (Fsp3) is 0.417. The van der Waals surface area contributed by atoms with Crippen molar-refractivity contribution in [3.05, 3.63) is 28.0 Å². The number of amides is 1. The number of halogens is 2. The largest absolute Gasteiger partial charge is 0.396 e. The van der Waals surface area contributed by atoms with E-state index in [1.165, 1.54) is 12.1 Å². The smallest absolute Gasteiger partial charge is 0.255 e. The van der Waals surface area contributed by atoms with Gasteiger partial charge >= 0.3 is 0 Å². The molecule has 0 radical (unpaired) electrons. The maximum absolute atomic E-state index is 13.2. The van der Waals surface area contributed by atoms with Gasteiger partial charge in [0.25, 0.3) is 5.91 Å². The highest BCUT2D eigenvalue weighted by Gasteiger charge is 2.22. The number of nitrogens with two attached hydrogens (primary N) is 1. The number of rotatable bonds is 1. The molecule has 0 aromatic heterocycles. The molecule has 0 aliphatic carbocycles. The van der Waals surface area contributed by atoms with Gasteiger partial charge in [-0.15, -0.1) is 0 Å². The van der Waals surface area contributed by atoms with Gasteiger partial charge in [-0.3, -0.25) is 4.79 Å². The van der Waals surface area contributed by atoms with Crippen molar-refractivity contribution in [1.29, 1.82) is 0 Å². The molecule has 1 amide bonds. The molecular weight excluding hydrogens is 301 g/mol. The summed E-state index contributed by atoms with van der Waals surface area (Å²) in [5.74, 6) is -0.626. The number of piperazine rings is 1. The van der Waals surface area contributed by atoms with E-state index < -0.39 is 5.82 Å². The van der Waals surface area contributed by atoms with Gasteiger partial charge < -0.3 is 15.5 Å². The zero-order valence-corrected chi connectivity index (χ0v) is 11.7. The highest BCUT2D eigenvalue weighted by atomic mass is 79.9. The van der Waals surface area contributed by atoms with Gasteiger partial charge in [0, 0.05) is 30.7 Å². The lowest BCUT2D eigenvalue weighted by Crippen LogP contribution is -2.47. The minimum atomic E-state index is -0.517. The van der Waals surface area contributed by atoms with Gasteiger partial charge in [-0.1, -0.05) is 0 Å². The number of carbonyl (C=O) groups excluding carboxylic acids is 1. The van der Waals surface area contributed by atoms with E-state index in [9.17, 15) is 9.18 Å². The first-order chi connectivity index (χ1) is 8.49. The Labute approximate surface area is 114 Å². The van der Waals surface area contributed by atoms with Crippen molar-refractivity contribution in [1.82, 2.24) is 9.80 Å². The fourth-order valence-corrected chi connectivity index (χ4v) is 2.39.